The predicted octanol–water partition coefficient (Wildman–Crippen LogP) is 5.11. The van der Waals surface area contributed by atoms with Gasteiger partial charge < -0.3 is 25.0 Å². The van der Waals surface area contributed by atoms with E-state index >= 15 is 0 Å². The van der Waals surface area contributed by atoms with E-state index in [4.69, 9.17) is 21.1 Å². The zero-order valence-electron chi connectivity index (χ0n) is 23.8. The number of carbonyl (C=O) groups is 3. The monoisotopic (exact) mass is 614 g/mol. The lowest BCUT2D eigenvalue weighted by atomic mass is 9.94. The molecule has 13 heteroatoms. The zero-order chi connectivity index (χ0) is 30.3. The van der Waals surface area contributed by atoms with Crippen LogP contribution >= 0.6 is 22.9 Å². The van der Waals surface area contributed by atoms with Crippen molar-refractivity contribution in [1.29, 1.82) is 0 Å². The minimum atomic E-state index is -3.16. The number of alkyl halides is 2. The van der Waals surface area contributed by atoms with Gasteiger partial charge in [-0.05, 0) is 35.6 Å². The van der Waals surface area contributed by atoms with Crippen LogP contribution in [0, 0.1) is 11.3 Å². The molecular weight excluding hydrogens is 578 g/mol. The molecule has 9 nitrogen and oxygen atoms in total. The second-order valence-electron chi connectivity index (χ2n) is 11.4. The van der Waals surface area contributed by atoms with Gasteiger partial charge in [0.15, 0.2) is 5.75 Å². The summed E-state index contributed by atoms with van der Waals surface area (Å²) in [6.45, 7) is 8.51. The largest absolute Gasteiger partial charge is 0.433 e. The van der Waals surface area contributed by atoms with Crippen molar-refractivity contribution in [2.45, 2.75) is 47.3 Å². The molecule has 2 N–H and O–H groups in total. The van der Waals surface area contributed by atoms with Gasteiger partial charge in [-0.3, -0.25) is 19.3 Å². The van der Waals surface area contributed by atoms with Gasteiger partial charge in [-0.25, -0.2) is 0 Å². The van der Waals surface area contributed by atoms with Crippen molar-refractivity contribution in [3.05, 3.63) is 39.5 Å². The molecule has 1 fully saturated rings. The third kappa shape index (κ3) is 9.91. The van der Waals surface area contributed by atoms with Crippen molar-refractivity contribution >= 4 is 52.0 Å². The molecule has 2 heterocycles. The predicted molar refractivity (Wildman–Crippen MR) is 156 cm³/mol. The summed E-state index contributed by atoms with van der Waals surface area (Å²) in [5, 5.41) is 5.55. The Morgan fingerprint density at radius 2 is 1.95 bits per heavy atom. The Hall–Kier alpha value is -2.80. The fourth-order valence-electron chi connectivity index (χ4n) is 4.46. The third-order valence-corrected chi connectivity index (χ3v) is 7.24. The Morgan fingerprint density at radius 3 is 2.54 bits per heavy atom. The second-order valence-corrected chi connectivity index (χ2v) is 13.1. The van der Waals surface area contributed by atoms with Crippen LogP contribution in [0.2, 0.25) is 4.34 Å². The third-order valence-electron chi connectivity index (χ3n) is 6.01. The number of nitrogens with one attached hydrogen (secondary N) is 2. The average molecular weight is 615 g/mol. The molecule has 226 valence electrons. The first-order valence-electron chi connectivity index (χ1n) is 13.3. The molecule has 0 aliphatic carbocycles. The van der Waals surface area contributed by atoms with E-state index < -0.39 is 18.6 Å². The number of halogens is 3. The molecule has 3 amide bonds. The first-order valence-corrected chi connectivity index (χ1v) is 14.5. The minimum absolute atomic E-state index is 0.0152. The lowest BCUT2D eigenvalue weighted by Crippen LogP contribution is -2.53. The first-order chi connectivity index (χ1) is 19.2. The number of hydrogen-bond acceptors (Lipinski definition) is 7. The average Bonchev–Trinajstić information content (AvgIpc) is 3.30. The standard InChI is InChI=1S/C28H37ClF2N4O5S/c1-17(2)14-34(16-28(3,4)5)20(13-32-26(38)22-8-9-23(29)41-22)25(37)33-19-7-6-18(12-21(19)40-27(30)31)35-10-11-39-15-24(35)36/h6-9,12,17,20,27H,10-11,13-16H2,1-5H3,(H,32,38)(H,33,37)/t20-/m1/s1. The van der Waals surface area contributed by atoms with E-state index in [0.717, 1.165) is 11.3 Å². The molecular formula is C28H37ClF2N4O5S. The van der Waals surface area contributed by atoms with E-state index in [-0.39, 0.29) is 54.3 Å². The van der Waals surface area contributed by atoms with Gasteiger partial charge in [-0.2, -0.15) is 8.78 Å². The maximum Gasteiger partial charge on any atom is 0.387 e. The van der Waals surface area contributed by atoms with Gasteiger partial charge in [0.25, 0.3) is 11.8 Å². The number of benzene rings is 1. The molecule has 0 unspecified atom stereocenters. The summed E-state index contributed by atoms with van der Waals surface area (Å²) < 4.78 is 37.1. The second kappa shape index (κ2) is 14.4. The smallest absolute Gasteiger partial charge is 0.387 e. The van der Waals surface area contributed by atoms with Crippen LogP contribution in [0.1, 0.15) is 44.3 Å². The number of amides is 3. The van der Waals surface area contributed by atoms with Gasteiger partial charge in [-0.1, -0.05) is 46.2 Å². The van der Waals surface area contributed by atoms with Crippen LogP contribution in [0.5, 0.6) is 5.75 Å². The fraction of sp³-hybridized carbons (Fsp3) is 0.536. The Bertz CT molecular complexity index is 1220. The molecule has 1 aromatic carbocycles. The molecule has 1 atom stereocenters. The highest BCUT2D eigenvalue weighted by molar-refractivity contribution is 7.18. The summed E-state index contributed by atoms with van der Waals surface area (Å²) in [7, 11) is 0. The van der Waals surface area contributed by atoms with Crippen LogP contribution in [-0.4, -0.2) is 74.7 Å². The summed E-state index contributed by atoms with van der Waals surface area (Å²) in [6.07, 6.45) is 0. The summed E-state index contributed by atoms with van der Waals surface area (Å²) >= 11 is 7.11. The Morgan fingerprint density at radius 1 is 1.22 bits per heavy atom. The van der Waals surface area contributed by atoms with Crippen molar-refractivity contribution in [2.75, 3.05) is 49.6 Å². The SMILES string of the molecule is CC(C)CN(CC(C)(C)C)[C@H](CNC(=O)c1ccc(Cl)s1)C(=O)Nc1ccc(N2CCOCC2=O)cc1OC(F)F. The number of nitrogens with zero attached hydrogens (tertiary/aromatic N) is 2. The lowest BCUT2D eigenvalue weighted by molar-refractivity contribution is -0.125. The van der Waals surface area contributed by atoms with E-state index in [1.165, 1.54) is 17.0 Å². The Kier molecular flexibility index (Phi) is 11.5. The molecule has 0 radical (unpaired) electrons. The fourth-order valence-corrected chi connectivity index (χ4v) is 5.42. The first kappa shape index (κ1) is 32.7. The minimum Gasteiger partial charge on any atom is -0.433 e. The highest BCUT2D eigenvalue weighted by atomic mass is 35.5. The Labute approximate surface area is 248 Å². The summed E-state index contributed by atoms with van der Waals surface area (Å²) in [5.74, 6) is -1.28. The lowest BCUT2D eigenvalue weighted by Gasteiger charge is -2.36. The molecule has 41 heavy (non-hydrogen) atoms. The van der Waals surface area contributed by atoms with Gasteiger partial charge >= 0.3 is 6.61 Å². The van der Waals surface area contributed by atoms with E-state index in [1.54, 1.807) is 18.2 Å². The number of hydrogen-bond donors (Lipinski definition) is 2. The molecule has 0 spiro atoms. The van der Waals surface area contributed by atoms with Gasteiger partial charge in [-0.15, -0.1) is 11.3 Å². The number of rotatable bonds is 12. The van der Waals surface area contributed by atoms with Crippen LogP contribution < -0.4 is 20.3 Å². The molecule has 3 rings (SSSR count). The van der Waals surface area contributed by atoms with Gasteiger partial charge in [0, 0.05) is 37.9 Å². The van der Waals surface area contributed by atoms with Crippen LogP contribution in [0.3, 0.4) is 0 Å². The maximum absolute atomic E-state index is 13.8. The molecule has 1 aliphatic rings. The van der Waals surface area contributed by atoms with E-state index in [0.29, 0.717) is 34.6 Å². The number of carbonyl (C=O) groups excluding carboxylic acids is 3. The zero-order valence-corrected chi connectivity index (χ0v) is 25.4. The molecule has 1 aliphatic heterocycles. The molecule has 0 saturated carbocycles. The van der Waals surface area contributed by atoms with E-state index in [1.807, 2.05) is 39.5 Å². The molecule has 1 saturated heterocycles. The molecule has 1 aromatic heterocycles. The number of ether oxygens (including phenoxy) is 2. The quantitative estimate of drug-likeness (QED) is 0.345. The normalized spacial score (nSPS) is 15.0. The topological polar surface area (TPSA) is 100 Å². The van der Waals surface area contributed by atoms with Crippen molar-refractivity contribution in [1.82, 2.24) is 10.2 Å². The maximum atomic E-state index is 13.8. The summed E-state index contributed by atoms with van der Waals surface area (Å²) in [6, 6.07) is 6.66. The highest BCUT2D eigenvalue weighted by Crippen LogP contribution is 2.32. The highest BCUT2D eigenvalue weighted by Gasteiger charge is 2.31. The van der Waals surface area contributed by atoms with Crippen molar-refractivity contribution < 1.29 is 32.6 Å². The van der Waals surface area contributed by atoms with E-state index in [2.05, 4.69) is 10.6 Å². The van der Waals surface area contributed by atoms with Crippen molar-refractivity contribution in [3.8, 4) is 5.75 Å². The summed E-state index contributed by atoms with van der Waals surface area (Å²) in [4.78, 5) is 42.7. The molecule has 0 bridgehead atoms. The molecule has 2 aromatic rings. The Balaban J connectivity index is 1.91. The number of anilines is 2. The van der Waals surface area contributed by atoms with Crippen LogP contribution in [-0.2, 0) is 14.3 Å². The van der Waals surface area contributed by atoms with Crippen LogP contribution in [0.4, 0.5) is 20.2 Å². The van der Waals surface area contributed by atoms with E-state index in [9.17, 15) is 23.2 Å². The van der Waals surface area contributed by atoms with Gasteiger partial charge in [0.05, 0.1) is 21.5 Å². The number of morpholine rings is 1. The van der Waals surface area contributed by atoms with Gasteiger partial charge in [0.2, 0.25) is 5.91 Å². The number of thiophene rings is 1. The van der Waals surface area contributed by atoms with Crippen LogP contribution in [0.25, 0.3) is 0 Å². The van der Waals surface area contributed by atoms with Gasteiger partial charge in [0.1, 0.15) is 12.6 Å². The van der Waals surface area contributed by atoms with Crippen LogP contribution in [0.15, 0.2) is 30.3 Å². The van der Waals surface area contributed by atoms with Crippen molar-refractivity contribution in [2.24, 2.45) is 11.3 Å². The summed E-state index contributed by atoms with van der Waals surface area (Å²) in [5.41, 5.74) is 0.176. The van der Waals surface area contributed by atoms with Crippen molar-refractivity contribution in [3.63, 3.8) is 0 Å².